The molecule has 1 saturated heterocycles. The molecule has 0 amide bonds. The molecule has 1 heterocycles. The summed E-state index contributed by atoms with van der Waals surface area (Å²) < 4.78 is 27.0. The second kappa shape index (κ2) is 4.27. The summed E-state index contributed by atoms with van der Waals surface area (Å²) in [4.78, 5) is 0. The highest BCUT2D eigenvalue weighted by atomic mass is 19.1. The van der Waals surface area contributed by atoms with E-state index in [0.29, 0.717) is 6.04 Å². The third kappa shape index (κ3) is 2.17. The number of hydrogen-bond acceptors (Lipinski definition) is 1. The Balaban J connectivity index is 2.28. The second-order valence-electron chi connectivity index (χ2n) is 4.19. The lowest BCUT2D eigenvalue weighted by atomic mass is 9.93. The van der Waals surface area contributed by atoms with Crippen LogP contribution in [0.4, 0.5) is 8.78 Å². The average molecular weight is 211 g/mol. The smallest absolute Gasteiger partial charge is 0.130 e. The normalized spacial score (nSPS) is 26.6. The minimum atomic E-state index is -0.443. The first-order chi connectivity index (χ1) is 7.18. The fourth-order valence-corrected chi connectivity index (χ4v) is 2.21. The van der Waals surface area contributed by atoms with E-state index in [-0.39, 0.29) is 11.6 Å². The minimum absolute atomic E-state index is 0.171. The fraction of sp³-hybridized carbons (Fsp3) is 0.500. The van der Waals surface area contributed by atoms with Gasteiger partial charge in [-0.3, -0.25) is 0 Å². The van der Waals surface area contributed by atoms with Crippen LogP contribution in [0.1, 0.15) is 37.8 Å². The van der Waals surface area contributed by atoms with Crippen LogP contribution >= 0.6 is 0 Å². The molecule has 0 saturated carbocycles. The fourth-order valence-electron chi connectivity index (χ4n) is 2.21. The van der Waals surface area contributed by atoms with Crippen molar-refractivity contribution in [2.24, 2.45) is 0 Å². The number of hydrogen-bond donors (Lipinski definition) is 1. The summed E-state index contributed by atoms with van der Waals surface area (Å²) in [5.74, 6) is -0.886. The monoisotopic (exact) mass is 211 g/mol. The molecule has 2 unspecified atom stereocenters. The van der Waals surface area contributed by atoms with Crippen molar-refractivity contribution in [3.63, 3.8) is 0 Å². The number of nitrogens with one attached hydrogen (secondary N) is 1. The van der Waals surface area contributed by atoms with Crippen molar-refractivity contribution in [3.8, 4) is 0 Å². The summed E-state index contributed by atoms with van der Waals surface area (Å²) in [6.07, 6.45) is 2.90. The second-order valence-corrected chi connectivity index (χ2v) is 4.19. The van der Waals surface area contributed by atoms with Crippen molar-refractivity contribution in [2.45, 2.75) is 38.3 Å². The predicted molar refractivity (Wildman–Crippen MR) is 55.5 cm³/mol. The van der Waals surface area contributed by atoms with Gasteiger partial charge in [0.1, 0.15) is 11.6 Å². The molecule has 2 rings (SSSR count). The Bertz CT molecular complexity index is 331. The van der Waals surface area contributed by atoms with Crippen molar-refractivity contribution in [2.75, 3.05) is 0 Å². The van der Waals surface area contributed by atoms with Crippen molar-refractivity contribution in [1.29, 1.82) is 0 Å². The number of piperidine rings is 1. The Morgan fingerprint density at radius 2 is 1.87 bits per heavy atom. The third-order valence-electron chi connectivity index (χ3n) is 2.96. The Hall–Kier alpha value is -0.960. The Labute approximate surface area is 88.5 Å². The zero-order chi connectivity index (χ0) is 10.8. The van der Waals surface area contributed by atoms with Crippen LogP contribution in [-0.4, -0.2) is 6.04 Å². The van der Waals surface area contributed by atoms with E-state index in [1.165, 1.54) is 18.2 Å². The summed E-state index contributed by atoms with van der Waals surface area (Å²) in [6.45, 7) is 2.05. The SMILES string of the molecule is CC1CCCC(c2c(F)cccc2F)N1. The summed E-state index contributed by atoms with van der Waals surface area (Å²) in [6, 6.07) is 4.21. The Morgan fingerprint density at radius 3 is 2.47 bits per heavy atom. The molecule has 0 spiro atoms. The molecule has 1 aliphatic rings. The molecule has 1 N–H and O–H groups in total. The van der Waals surface area contributed by atoms with Gasteiger partial charge in [-0.05, 0) is 31.9 Å². The van der Waals surface area contributed by atoms with E-state index in [2.05, 4.69) is 5.32 Å². The standard InChI is InChI=1S/C12H15F2N/c1-8-4-2-7-11(15-8)12-9(13)5-3-6-10(12)14/h3,5-6,8,11,15H,2,4,7H2,1H3. The highest BCUT2D eigenvalue weighted by molar-refractivity contribution is 5.23. The average Bonchev–Trinajstić information content (AvgIpc) is 2.17. The summed E-state index contributed by atoms with van der Waals surface area (Å²) in [7, 11) is 0. The van der Waals surface area contributed by atoms with E-state index in [1.54, 1.807) is 0 Å². The lowest BCUT2D eigenvalue weighted by molar-refractivity contribution is 0.326. The summed E-state index contributed by atoms with van der Waals surface area (Å²) in [5.41, 5.74) is 0.198. The maximum absolute atomic E-state index is 13.5. The topological polar surface area (TPSA) is 12.0 Å². The van der Waals surface area contributed by atoms with Crippen LogP contribution in [0.5, 0.6) is 0 Å². The number of halogens is 2. The maximum Gasteiger partial charge on any atom is 0.130 e. The molecule has 1 nitrogen and oxygen atoms in total. The van der Waals surface area contributed by atoms with Gasteiger partial charge in [0.2, 0.25) is 0 Å². The minimum Gasteiger partial charge on any atom is -0.307 e. The third-order valence-corrected chi connectivity index (χ3v) is 2.96. The lowest BCUT2D eigenvalue weighted by Crippen LogP contribution is -2.35. The van der Waals surface area contributed by atoms with Gasteiger partial charge >= 0.3 is 0 Å². The van der Waals surface area contributed by atoms with Crippen molar-refractivity contribution in [1.82, 2.24) is 5.32 Å². The van der Waals surface area contributed by atoms with Gasteiger partial charge in [-0.2, -0.15) is 0 Å². The van der Waals surface area contributed by atoms with Crippen LogP contribution in [0.25, 0.3) is 0 Å². The van der Waals surface area contributed by atoms with E-state index < -0.39 is 11.6 Å². The zero-order valence-corrected chi connectivity index (χ0v) is 8.76. The van der Waals surface area contributed by atoms with Crippen LogP contribution in [0, 0.1) is 11.6 Å². The van der Waals surface area contributed by atoms with Crippen molar-refractivity contribution < 1.29 is 8.78 Å². The molecule has 1 aliphatic heterocycles. The summed E-state index contributed by atoms with van der Waals surface area (Å²) in [5, 5.41) is 3.23. The van der Waals surface area contributed by atoms with Gasteiger partial charge < -0.3 is 5.32 Å². The highest BCUT2D eigenvalue weighted by Crippen LogP contribution is 2.29. The molecule has 0 aliphatic carbocycles. The highest BCUT2D eigenvalue weighted by Gasteiger charge is 2.24. The molecular weight excluding hydrogens is 196 g/mol. The molecule has 0 bridgehead atoms. The van der Waals surface area contributed by atoms with Gasteiger partial charge in [-0.15, -0.1) is 0 Å². The largest absolute Gasteiger partial charge is 0.307 e. The van der Waals surface area contributed by atoms with Gasteiger partial charge in [0, 0.05) is 17.6 Å². The quantitative estimate of drug-likeness (QED) is 0.752. The number of rotatable bonds is 1. The molecular formula is C12H15F2N. The zero-order valence-electron chi connectivity index (χ0n) is 8.76. The van der Waals surface area contributed by atoms with Gasteiger partial charge in [-0.1, -0.05) is 12.5 Å². The van der Waals surface area contributed by atoms with Crippen LogP contribution in [0.3, 0.4) is 0 Å². The van der Waals surface area contributed by atoms with Gasteiger partial charge in [0.25, 0.3) is 0 Å². The molecule has 0 aromatic heterocycles. The molecule has 1 fully saturated rings. The Morgan fingerprint density at radius 1 is 1.20 bits per heavy atom. The molecule has 1 aromatic carbocycles. The first-order valence-corrected chi connectivity index (χ1v) is 5.38. The van der Waals surface area contributed by atoms with Crippen LogP contribution in [0.15, 0.2) is 18.2 Å². The summed E-state index contributed by atoms with van der Waals surface area (Å²) >= 11 is 0. The van der Waals surface area contributed by atoms with Gasteiger partial charge in [-0.25, -0.2) is 8.78 Å². The Kier molecular flexibility index (Phi) is 3.00. The van der Waals surface area contributed by atoms with E-state index in [4.69, 9.17) is 0 Å². The number of benzene rings is 1. The maximum atomic E-state index is 13.5. The first-order valence-electron chi connectivity index (χ1n) is 5.38. The van der Waals surface area contributed by atoms with Gasteiger partial charge in [0.05, 0.1) is 0 Å². The van der Waals surface area contributed by atoms with Crippen molar-refractivity contribution in [3.05, 3.63) is 35.4 Å². The molecule has 15 heavy (non-hydrogen) atoms. The molecule has 0 radical (unpaired) electrons. The molecule has 3 heteroatoms. The van der Waals surface area contributed by atoms with E-state index >= 15 is 0 Å². The van der Waals surface area contributed by atoms with Crippen LogP contribution in [-0.2, 0) is 0 Å². The van der Waals surface area contributed by atoms with Crippen LogP contribution < -0.4 is 5.32 Å². The van der Waals surface area contributed by atoms with Crippen molar-refractivity contribution >= 4 is 0 Å². The lowest BCUT2D eigenvalue weighted by Gasteiger charge is -2.29. The van der Waals surface area contributed by atoms with E-state index in [1.807, 2.05) is 6.92 Å². The molecule has 2 atom stereocenters. The van der Waals surface area contributed by atoms with E-state index in [9.17, 15) is 8.78 Å². The van der Waals surface area contributed by atoms with E-state index in [0.717, 1.165) is 19.3 Å². The van der Waals surface area contributed by atoms with Gasteiger partial charge in [0.15, 0.2) is 0 Å². The molecule has 82 valence electrons. The molecule has 1 aromatic rings. The van der Waals surface area contributed by atoms with Crippen LogP contribution in [0.2, 0.25) is 0 Å². The predicted octanol–water partition coefficient (Wildman–Crippen LogP) is 3.17. The first kappa shape index (κ1) is 10.6.